The van der Waals surface area contributed by atoms with Gasteiger partial charge >= 0.3 is 23.9 Å². The summed E-state index contributed by atoms with van der Waals surface area (Å²) in [6.07, 6.45) is 63.3. The highest BCUT2D eigenvalue weighted by Gasteiger charge is 2.50. The van der Waals surface area contributed by atoms with Crippen LogP contribution in [0.2, 0.25) is 0 Å². The Hall–Kier alpha value is -4.62. The van der Waals surface area contributed by atoms with Gasteiger partial charge < -0.3 is 39.0 Å². The number of carboxylic acids is 1. The number of carbonyl (C=O) groups is 4. The van der Waals surface area contributed by atoms with E-state index in [9.17, 15) is 34.5 Å². The molecule has 0 saturated carbocycles. The smallest absolute Gasteiger partial charge is 0.335 e. The molecule has 6 unspecified atom stereocenters. The van der Waals surface area contributed by atoms with Gasteiger partial charge in [0.25, 0.3) is 0 Å². The quantitative estimate of drug-likeness (QED) is 0.0228. The predicted octanol–water partition coefficient (Wildman–Crippen LogP) is 17.0. The molecule has 1 saturated heterocycles. The lowest BCUT2D eigenvalue weighted by Crippen LogP contribution is -2.61. The summed E-state index contributed by atoms with van der Waals surface area (Å²) in [6.45, 7) is 5.74. The maximum Gasteiger partial charge on any atom is 0.335 e. The molecule has 0 aromatic heterocycles. The Morgan fingerprint density at radius 3 is 1.22 bits per heavy atom. The zero-order valence-electron chi connectivity index (χ0n) is 50.7. The van der Waals surface area contributed by atoms with Crippen molar-refractivity contribution in [3.63, 3.8) is 0 Å². The number of carbonyl (C=O) groups excluding carboxylic acids is 3. The van der Waals surface area contributed by atoms with Gasteiger partial charge in [0.1, 0.15) is 18.8 Å². The van der Waals surface area contributed by atoms with Crippen LogP contribution in [0.5, 0.6) is 0 Å². The highest BCUT2D eigenvalue weighted by Crippen LogP contribution is 2.26. The molecule has 0 radical (unpaired) electrons. The van der Waals surface area contributed by atoms with E-state index in [-0.39, 0.29) is 25.9 Å². The molecule has 3 N–H and O–H groups in total. The Bertz CT molecular complexity index is 1820. The molecule has 0 aliphatic carbocycles. The van der Waals surface area contributed by atoms with Crippen molar-refractivity contribution < 1.29 is 58.2 Å². The third-order valence-electron chi connectivity index (χ3n) is 13.8. The first-order chi connectivity index (χ1) is 39.6. The Morgan fingerprint density at radius 2 is 0.778 bits per heavy atom. The Balaban J connectivity index is 2.71. The minimum Gasteiger partial charge on any atom is -0.479 e. The van der Waals surface area contributed by atoms with Crippen LogP contribution in [0, 0.1) is 0 Å². The van der Waals surface area contributed by atoms with Crippen LogP contribution in [-0.2, 0) is 42.9 Å². The van der Waals surface area contributed by atoms with E-state index in [1.165, 1.54) is 57.8 Å². The lowest BCUT2D eigenvalue weighted by atomic mass is 9.98. The monoisotopic (exact) mass is 1130 g/mol. The summed E-state index contributed by atoms with van der Waals surface area (Å²) in [6, 6.07) is 0. The summed E-state index contributed by atoms with van der Waals surface area (Å²) in [5.74, 6) is -3.20. The van der Waals surface area contributed by atoms with Crippen LogP contribution in [0.3, 0.4) is 0 Å². The summed E-state index contributed by atoms with van der Waals surface area (Å²) >= 11 is 0. The van der Waals surface area contributed by atoms with Crippen LogP contribution >= 0.6 is 0 Å². The fourth-order valence-corrected chi connectivity index (χ4v) is 8.99. The van der Waals surface area contributed by atoms with Crippen LogP contribution in [0.4, 0.5) is 0 Å². The van der Waals surface area contributed by atoms with Gasteiger partial charge in [-0.25, -0.2) is 4.79 Å². The second-order valence-electron chi connectivity index (χ2n) is 21.3. The van der Waals surface area contributed by atoms with E-state index in [1.54, 1.807) is 0 Å². The lowest BCUT2D eigenvalue weighted by molar-refractivity contribution is -0.301. The SMILES string of the molecule is CC/C=C\C/C=C\C/C=C\C/C=C\CCCCCCCCC(=O)OCC(COC1OC(C(=O)O)C(O)C(O)C1OC(=O)CCCC/C=C\C/C=C\C/C=C\C/C=C\CC)OC(=O)CCCCCCCCC/C=C\CCCCCCCC. The number of unbranched alkanes of at least 4 members (excludes halogenated alkanes) is 21. The Morgan fingerprint density at radius 1 is 0.420 bits per heavy atom. The van der Waals surface area contributed by atoms with Crippen LogP contribution < -0.4 is 0 Å². The van der Waals surface area contributed by atoms with E-state index in [4.69, 9.17) is 23.7 Å². The highest BCUT2D eigenvalue weighted by atomic mass is 16.7. The standard InChI is InChI=1S/C69H112O12/c1-4-7-10-13-16-19-22-25-28-30-31-33-35-37-40-43-46-49-52-55-61(70)77-58-60(79-62(71)56-53-50-47-44-41-39-36-32-29-26-23-20-17-14-11-8-5-2)59-78-69-67(65(74)64(73)66(81-69)68(75)76)80-63(72)57-54-51-48-45-42-38-34-27-24-21-18-15-12-9-6-3/h7,9-10,12,16,18-19,21,25-29,31,33-34,42,45,60,64-67,69,73-74H,4-6,8,11,13-15,17,20,22-24,30,32,35-41,43-44,46-59H2,1-3H3,(H,75,76)/b10-7-,12-9-,19-16-,21-18-,28-25-,29-26-,33-31-,34-27-,45-42-. The number of allylic oxidation sites excluding steroid dienone is 18. The number of esters is 3. The van der Waals surface area contributed by atoms with Gasteiger partial charge in [-0.05, 0) is 122 Å². The number of aliphatic hydroxyl groups is 2. The van der Waals surface area contributed by atoms with Crippen molar-refractivity contribution in [2.45, 2.75) is 289 Å². The molecule has 6 atom stereocenters. The molecule has 81 heavy (non-hydrogen) atoms. The molecular formula is C69H112O12. The zero-order chi connectivity index (χ0) is 58.9. The van der Waals surface area contributed by atoms with E-state index < -0.39 is 67.3 Å². The van der Waals surface area contributed by atoms with Crippen LogP contribution in [-0.4, -0.2) is 89.2 Å². The molecule has 0 amide bonds. The molecular weight excluding hydrogens is 1020 g/mol. The summed E-state index contributed by atoms with van der Waals surface area (Å²) < 4.78 is 28.5. The number of carboxylic acid groups (broad SMARTS) is 1. The van der Waals surface area contributed by atoms with Crippen molar-refractivity contribution in [2.75, 3.05) is 13.2 Å². The second-order valence-corrected chi connectivity index (χ2v) is 21.3. The van der Waals surface area contributed by atoms with Crippen LogP contribution in [0.1, 0.15) is 252 Å². The molecule has 1 aliphatic heterocycles. The van der Waals surface area contributed by atoms with E-state index >= 15 is 0 Å². The fourth-order valence-electron chi connectivity index (χ4n) is 8.99. The van der Waals surface area contributed by atoms with Gasteiger partial charge in [-0.3, -0.25) is 14.4 Å². The normalized spacial score (nSPS) is 18.5. The van der Waals surface area contributed by atoms with Gasteiger partial charge in [0.05, 0.1) is 6.61 Å². The number of aliphatic hydroxyl groups excluding tert-OH is 2. The predicted molar refractivity (Wildman–Crippen MR) is 330 cm³/mol. The molecule has 1 rings (SSSR count). The fraction of sp³-hybridized carbons (Fsp3) is 0.681. The highest BCUT2D eigenvalue weighted by molar-refractivity contribution is 5.74. The second kappa shape index (κ2) is 55.9. The van der Waals surface area contributed by atoms with E-state index in [0.717, 1.165) is 128 Å². The van der Waals surface area contributed by atoms with E-state index in [1.807, 2.05) is 0 Å². The number of hydrogen-bond acceptors (Lipinski definition) is 11. The lowest BCUT2D eigenvalue weighted by Gasteiger charge is -2.40. The van der Waals surface area contributed by atoms with Crippen molar-refractivity contribution in [1.82, 2.24) is 0 Å². The molecule has 0 bridgehead atoms. The number of aliphatic carboxylic acids is 1. The van der Waals surface area contributed by atoms with Gasteiger partial charge in [0.15, 0.2) is 24.6 Å². The first-order valence-electron chi connectivity index (χ1n) is 31.9. The largest absolute Gasteiger partial charge is 0.479 e. The topological polar surface area (TPSA) is 175 Å². The third kappa shape index (κ3) is 45.6. The summed E-state index contributed by atoms with van der Waals surface area (Å²) in [4.78, 5) is 51.3. The molecule has 1 aliphatic rings. The zero-order valence-corrected chi connectivity index (χ0v) is 50.7. The van der Waals surface area contributed by atoms with Crippen molar-refractivity contribution in [3.05, 3.63) is 109 Å². The molecule has 12 heteroatoms. The average Bonchev–Trinajstić information content (AvgIpc) is 3.53. The maximum atomic E-state index is 13.2. The molecule has 1 heterocycles. The summed E-state index contributed by atoms with van der Waals surface area (Å²) in [7, 11) is 0. The Kier molecular flexibility index (Phi) is 51.3. The number of ether oxygens (including phenoxy) is 5. The first kappa shape index (κ1) is 74.4. The molecule has 1 fully saturated rings. The minimum absolute atomic E-state index is 0.00177. The maximum absolute atomic E-state index is 13.2. The van der Waals surface area contributed by atoms with Crippen molar-refractivity contribution in [2.24, 2.45) is 0 Å². The van der Waals surface area contributed by atoms with Gasteiger partial charge in [-0.1, -0.05) is 220 Å². The Labute approximate surface area is 491 Å². The molecule has 0 aromatic carbocycles. The van der Waals surface area contributed by atoms with Crippen molar-refractivity contribution in [3.8, 4) is 0 Å². The van der Waals surface area contributed by atoms with Gasteiger partial charge in [0, 0.05) is 19.3 Å². The molecule has 0 spiro atoms. The van der Waals surface area contributed by atoms with Gasteiger partial charge in [-0.2, -0.15) is 0 Å². The first-order valence-corrected chi connectivity index (χ1v) is 31.9. The van der Waals surface area contributed by atoms with E-state index in [2.05, 4.69) is 130 Å². The minimum atomic E-state index is -1.93. The van der Waals surface area contributed by atoms with Gasteiger partial charge in [-0.15, -0.1) is 0 Å². The van der Waals surface area contributed by atoms with Crippen molar-refractivity contribution >= 4 is 23.9 Å². The molecule has 12 nitrogen and oxygen atoms in total. The molecule has 0 aromatic rings. The van der Waals surface area contributed by atoms with Crippen LogP contribution in [0.15, 0.2) is 109 Å². The van der Waals surface area contributed by atoms with Crippen LogP contribution in [0.25, 0.3) is 0 Å². The number of rotatable bonds is 53. The van der Waals surface area contributed by atoms with E-state index in [0.29, 0.717) is 25.7 Å². The van der Waals surface area contributed by atoms with Crippen molar-refractivity contribution in [1.29, 1.82) is 0 Å². The summed E-state index contributed by atoms with van der Waals surface area (Å²) in [5.41, 5.74) is 0. The third-order valence-corrected chi connectivity index (χ3v) is 13.8. The average molecular weight is 1130 g/mol. The summed E-state index contributed by atoms with van der Waals surface area (Å²) in [5, 5.41) is 31.5. The number of hydrogen-bond donors (Lipinski definition) is 3. The van der Waals surface area contributed by atoms with Gasteiger partial charge in [0.2, 0.25) is 0 Å². The molecule has 460 valence electrons.